The molecule has 0 fully saturated rings. The van der Waals surface area contributed by atoms with Gasteiger partial charge in [0.1, 0.15) is 0 Å². The molecule has 0 radical (unpaired) electrons. The van der Waals surface area contributed by atoms with Gasteiger partial charge in [0.05, 0.1) is 12.8 Å². The molecule has 0 aliphatic heterocycles. The molecule has 1 unspecified atom stereocenters. The Morgan fingerprint density at radius 3 is 2.44 bits per heavy atom. The Balaban J connectivity index is 1.98. The quantitative estimate of drug-likeness (QED) is 0.288. The summed E-state index contributed by atoms with van der Waals surface area (Å²) in [7, 11) is -3.63. The standard InChI is InChI=1S/C23H25O3P/c1-3-5-7-17-14-18-10-11-19(15-27(24,25)26-4-2)21-13-12-16-8-6-9-20(17)22(16)23(18)21/h6,8-14H,3-5,7,15H2,1-2H3,(H,24,25). The first kappa shape index (κ1) is 18.4. The molecule has 4 heteroatoms. The number of unbranched alkanes of at least 4 members (excludes halogenated alkanes) is 1. The minimum Gasteiger partial charge on any atom is -0.324 e. The van der Waals surface area contributed by atoms with Gasteiger partial charge in [0.25, 0.3) is 0 Å². The zero-order chi connectivity index (χ0) is 19.0. The molecule has 0 amide bonds. The van der Waals surface area contributed by atoms with E-state index in [0.717, 1.165) is 17.4 Å². The second kappa shape index (κ2) is 7.24. The average molecular weight is 380 g/mol. The first-order valence-electron chi connectivity index (χ1n) is 9.68. The monoisotopic (exact) mass is 380 g/mol. The summed E-state index contributed by atoms with van der Waals surface area (Å²) in [5.41, 5.74) is 2.26. The average Bonchev–Trinajstić information content (AvgIpc) is 2.65. The summed E-state index contributed by atoms with van der Waals surface area (Å²) in [4.78, 5) is 10.1. The highest BCUT2D eigenvalue weighted by molar-refractivity contribution is 7.52. The predicted octanol–water partition coefficient (Wildman–Crippen LogP) is 6.65. The summed E-state index contributed by atoms with van der Waals surface area (Å²) in [6.07, 6.45) is 3.46. The fourth-order valence-electron chi connectivity index (χ4n) is 4.14. The number of hydrogen-bond donors (Lipinski definition) is 1. The van der Waals surface area contributed by atoms with Crippen LogP contribution >= 0.6 is 7.60 Å². The largest absolute Gasteiger partial charge is 0.332 e. The third-order valence-electron chi connectivity index (χ3n) is 5.32. The smallest absolute Gasteiger partial charge is 0.324 e. The molecule has 0 saturated carbocycles. The van der Waals surface area contributed by atoms with Crippen LogP contribution in [-0.4, -0.2) is 11.5 Å². The van der Waals surface area contributed by atoms with Crippen molar-refractivity contribution in [3.63, 3.8) is 0 Å². The highest BCUT2D eigenvalue weighted by atomic mass is 31.2. The van der Waals surface area contributed by atoms with Crippen molar-refractivity contribution in [2.24, 2.45) is 0 Å². The number of aryl methyl sites for hydroxylation is 1. The lowest BCUT2D eigenvalue weighted by Gasteiger charge is -2.18. The number of benzene rings is 4. The second-order valence-corrected chi connectivity index (χ2v) is 9.04. The second-order valence-electron chi connectivity index (χ2n) is 7.19. The summed E-state index contributed by atoms with van der Waals surface area (Å²) in [5, 5.41) is 7.23. The molecule has 27 heavy (non-hydrogen) atoms. The maximum absolute atomic E-state index is 12.3. The van der Waals surface area contributed by atoms with Gasteiger partial charge in [-0.15, -0.1) is 0 Å². The third kappa shape index (κ3) is 3.36. The molecule has 0 aromatic heterocycles. The lowest BCUT2D eigenvalue weighted by Crippen LogP contribution is -1.96. The molecular formula is C23H25O3P. The van der Waals surface area contributed by atoms with Crippen molar-refractivity contribution < 1.29 is 14.0 Å². The fourth-order valence-corrected chi connectivity index (χ4v) is 5.34. The summed E-state index contributed by atoms with van der Waals surface area (Å²) < 4.78 is 17.4. The van der Waals surface area contributed by atoms with E-state index in [4.69, 9.17) is 4.52 Å². The minimum atomic E-state index is -3.63. The Bertz CT molecular complexity index is 1150. The molecule has 3 nitrogen and oxygen atoms in total. The fraction of sp³-hybridized carbons (Fsp3) is 0.304. The zero-order valence-electron chi connectivity index (χ0n) is 15.9. The van der Waals surface area contributed by atoms with Crippen LogP contribution in [0.5, 0.6) is 0 Å². The topological polar surface area (TPSA) is 46.5 Å². The number of rotatable bonds is 7. The van der Waals surface area contributed by atoms with E-state index >= 15 is 0 Å². The Morgan fingerprint density at radius 1 is 0.926 bits per heavy atom. The van der Waals surface area contributed by atoms with Crippen LogP contribution in [0.1, 0.15) is 37.8 Å². The van der Waals surface area contributed by atoms with Gasteiger partial charge in [0, 0.05) is 0 Å². The Labute approximate surface area is 159 Å². The molecule has 0 spiro atoms. The van der Waals surface area contributed by atoms with Crippen LogP contribution in [0, 0.1) is 0 Å². The SMILES string of the molecule is CCCCc1cc2ccc(CP(=O)(O)OCC)c3ccc4cccc1c4c23. The maximum atomic E-state index is 12.3. The normalized spacial score (nSPS) is 14.3. The van der Waals surface area contributed by atoms with Gasteiger partial charge in [-0.05, 0) is 63.2 Å². The predicted molar refractivity (Wildman–Crippen MR) is 114 cm³/mol. The van der Waals surface area contributed by atoms with E-state index in [1.54, 1.807) is 6.92 Å². The van der Waals surface area contributed by atoms with E-state index in [1.165, 1.54) is 45.3 Å². The van der Waals surface area contributed by atoms with Crippen molar-refractivity contribution in [2.75, 3.05) is 6.61 Å². The van der Waals surface area contributed by atoms with Gasteiger partial charge in [-0.1, -0.05) is 61.9 Å². The van der Waals surface area contributed by atoms with E-state index in [0.29, 0.717) is 0 Å². The van der Waals surface area contributed by atoms with Crippen molar-refractivity contribution in [1.82, 2.24) is 0 Å². The minimum absolute atomic E-state index is 0.0394. The van der Waals surface area contributed by atoms with E-state index < -0.39 is 7.60 Å². The van der Waals surface area contributed by atoms with Crippen molar-refractivity contribution >= 4 is 39.9 Å². The highest BCUT2D eigenvalue weighted by Gasteiger charge is 2.22. The molecule has 1 N–H and O–H groups in total. The van der Waals surface area contributed by atoms with Gasteiger partial charge in [-0.3, -0.25) is 4.57 Å². The van der Waals surface area contributed by atoms with Crippen LogP contribution in [0.3, 0.4) is 0 Å². The van der Waals surface area contributed by atoms with Crippen molar-refractivity contribution in [1.29, 1.82) is 0 Å². The van der Waals surface area contributed by atoms with Crippen LogP contribution in [0.4, 0.5) is 0 Å². The molecule has 1 atom stereocenters. The molecule has 0 bridgehead atoms. The molecule has 4 aromatic rings. The molecule has 0 aliphatic carbocycles. The molecule has 0 heterocycles. The van der Waals surface area contributed by atoms with Crippen LogP contribution in [0.15, 0.2) is 48.5 Å². The first-order chi connectivity index (χ1) is 13.0. The van der Waals surface area contributed by atoms with Crippen molar-refractivity contribution in [3.05, 3.63) is 59.7 Å². The summed E-state index contributed by atoms with van der Waals surface area (Å²) in [6.45, 7) is 4.20. The highest BCUT2D eigenvalue weighted by Crippen LogP contribution is 2.48. The van der Waals surface area contributed by atoms with Crippen molar-refractivity contribution in [3.8, 4) is 0 Å². The zero-order valence-corrected chi connectivity index (χ0v) is 16.8. The first-order valence-corrected chi connectivity index (χ1v) is 11.4. The van der Waals surface area contributed by atoms with Crippen molar-refractivity contribution in [2.45, 2.75) is 39.3 Å². The number of hydrogen-bond acceptors (Lipinski definition) is 2. The maximum Gasteiger partial charge on any atom is 0.332 e. The van der Waals surface area contributed by atoms with E-state index in [1.807, 2.05) is 6.07 Å². The van der Waals surface area contributed by atoms with Crippen LogP contribution in [-0.2, 0) is 21.7 Å². The molecule has 140 valence electrons. The molecule has 4 rings (SSSR count). The van der Waals surface area contributed by atoms with Gasteiger partial charge >= 0.3 is 7.60 Å². The van der Waals surface area contributed by atoms with E-state index in [9.17, 15) is 9.46 Å². The summed E-state index contributed by atoms with van der Waals surface area (Å²) in [5.74, 6) is 0. The van der Waals surface area contributed by atoms with Gasteiger partial charge in [-0.25, -0.2) is 0 Å². The molecule has 0 aliphatic rings. The molecular weight excluding hydrogens is 355 g/mol. The van der Waals surface area contributed by atoms with Crippen LogP contribution in [0.25, 0.3) is 32.3 Å². The van der Waals surface area contributed by atoms with Gasteiger partial charge in [-0.2, -0.15) is 0 Å². The lowest BCUT2D eigenvalue weighted by molar-refractivity contribution is 0.273. The summed E-state index contributed by atoms with van der Waals surface area (Å²) in [6, 6.07) is 17.0. The van der Waals surface area contributed by atoms with E-state index in [-0.39, 0.29) is 12.8 Å². The summed E-state index contributed by atoms with van der Waals surface area (Å²) >= 11 is 0. The lowest BCUT2D eigenvalue weighted by atomic mass is 9.88. The Kier molecular flexibility index (Phi) is 4.94. The van der Waals surface area contributed by atoms with E-state index in [2.05, 4.69) is 49.4 Å². The van der Waals surface area contributed by atoms with Crippen LogP contribution < -0.4 is 0 Å². The van der Waals surface area contributed by atoms with Crippen LogP contribution in [0.2, 0.25) is 0 Å². The molecule has 4 aromatic carbocycles. The Morgan fingerprint density at radius 2 is 1.67 bits per heavy atom. The van der Waals surface area contributed by atoms with Gasteiger partial charge in [0.15, 0.2) is 0 Å². The Hall–Kier alpha value is -1.93. The molecule has 0 saturated heterocycles. The van der Waals surface area contributed by atoms with Gasteiger partial charge < -0.3 is 9.42 Å². The van der Waals surface area contributed by atoms with Gasteiger partial charge in [0.2, 0.25) is 0 Å². The third-order valence-corrected chi connectivity index (χ3v) is 6.72.